The average Bonchev–Trinajstić information content (AvgIpc) is 2.38. The maximum absolute atomic E-state index is 12.2. The van der Waals surface area contributed by atoms with Crippen molar-refractivity contribution in [3.8, 4) is 0 Å². The number of nitrogens with two attached hydrogens (primary N) is 1. The second kappa shape index (κ2) is 6.78. The van der Waals surface area contributed by atoms with Gasteiger partial charge in [-0.3, -0.25) is 4.79 Å². The van der Waals surface area contributed by atoms with Crippen molar-refractivity contribution in [2.75, 3.05) is 18.8 Å². The number of nitrogens with zero attached hydrogens (tertiary/aromatic N) is 1. The zero-order chi connectivity index (χ0) is 13.1. The normalized spacial score (nSPS) is 17.7. The summed E-state index contributed by atoms with van der Waals surface area (Å²) < 4.78 is 0. The molecule has 1 amide bonds. The molecule has 1 fully saturated rings. The third-order valence-corrected chi connectivity index (χ3v) is 3.64. The highest BCUT2D eigenvalue weighted by molar-refractivity contribution is 5.95. The Balaban J connectivity index is 0.00000180. The average molecular weight is 285 g/mol. The number of hydrogen-bond donors (Lipinski definition) is 2. The van der Waals surface area contributed by atoms with E-state index in [9.17, 15) is 9.90 Å². The van der Waals surface area contributed by atoms with Gasteiger partial charge >= 0.3 is 0 Å². The van der Waals surface area contributed by atoms with Crippen LogP contribution >= 0.6 is 12.4 Å². The van der Waals surface area contributed by atoms with Crippen molar-refractivity contribution >= 4 is 24.0 Å². The fourth-order valence-corrected chi connectivity index (χ4v) is 2.44. The maximum atomic E-state index is 12.2. The molecule has 0 spiro atoms. The van der Waals surface area contributed by atoms with Crippen molar-refractivity contribution < 1.29 is 9.90 Å². The van der Waals surface area contributed by atoms with Gasteiger partial charge in [-0.15, -0.1) is 12.4 Å². The molecule has 2 rings (SSSR count). The molecule has 1 saturated heterocycles. The number of carbonyl (C=O) groups is 1. The van der Waals surface area contributed by atoms with E-state index in [1.54, 1.807) is 24.3 Å². The summed E-state index contributed by atoms with van der Waals surface area (Å²) in [6.45, 7) is 3.24. The molecular weight excluding hydrogens is 264 g/mol. The first-order valence-electron chi connectivity index (χ1n) is 6.41. The Morgan fingerprint density at radius 2 is 2.05 bits per heavy atom. The number of likely N-dealkylation sites (tertiary alicyclic amines) is 1. The van der Waals surface area contributed by atoms with E-state index in [4.69, 9.17) is 5.73 Å². The van der Waals surface area contributed by atoms with Crippen molar-refractivity contribution in [3.63, 3.8) is 0 Å². The molecule has 0 radical (unpaired) electrons. The molecule has 0 bridgehead atoms. The Bertz CT molecular complexity index is 429. The second-order valence-corrected chi connectivity index (χ2v) is 5.00. The topological polar surface area (TPSA) is 66.6 Å². The highest BCUT2D eigenvalue weighted by atomic mass is 35.5. The van der Waals surface area contributed by atoms with Gasteiger partial charge in [-0.1, -0.05) is 6.07 Å². The number of hydrogen-bond acceptors (Lipinski definition) is 3. The predicted molar refractivity (Wildman–Crippen MR) is 78.4 cm³/mol. The quantitative estimate of drug-likeness (QED) is 0.816. The number of halogens is 1. The molecule has 4 nitrogen and oxygen atoms in total. The van der Waals surface area contributed by atoms with Crippen molar-refractivity contribution in [1.29, 1.82) is 0 Å². The molecule has 1 aliphatic rings. The summed E-state index contributed by atoms with van der Waals surface area (Å²) in [7, 11) is 0. The Hall–Kier alpha value is -1.26. The molecule has 0 aromatic heterocycles. The van der Waals surface area contributed by atoms with Gasteiger partial charge in [0.05, 0.1) is 6.10 Å². The number of anilines is 1. The van der Waals surface area contributed by atoms with Gasteiger partial charge in [-0.25, -0.2) is 0 Å². The van der Waals surface area contributed by atoms with Gasteiger partial charge < -0.3 is 15.7 Å². The number of piperidine rings is 1. The number of nitrogen functional groups attached to an aromatic ring is 1. The summed E-state index contributed by atoms with van der Waals surface area (Å²) in [5.41, 5.74) is 6.94. The summed E-state index contributed by atoms with van der Waals surface area (Å²) in [4.78, 5) is 14.1. The molecule has 1 aromatic rings. The van der Waals surface area contributed by atoms with E-state index in [2.05, 4.69) is 0 Å². The molecule has 0 aliphatic carbocycles. The van der Waals surface area contributed by atoms with Crippen LogP contribution in [0.25, 0.3) is 0 Å². The standard InChI is InChI=1S/C14H20N2O2.ClH/c1-10(17)11-5-7-16(8-6-11)14(18)12-3-2-4-13(15)9-12;/h2-4,9-11,17H,5-8,15H2,1H3;1H. The fourth-order valence-electron chi connectivity index (χ4n) is 2.44. The van der Waals surface area contributed by atoms with Crippen LogP contribution in [-0.4, -0.2) is 35.1 Å². The smallest absolute Gasteiger partial charge is 0.253 e. The minimum atomic E-state index is -0.283. The van der Waals surface area contributed by atoms with Crippen molar-refractivity contribution in [3.05, 3.63) is 29.8 Å². The van der Waals surface area contributed by atoms with Crippen molar-refractivity contribution in [1.82, 2.24) is 4.90 Å². The lowest BCUT2D eigenvalue weighted by Crippen LogP contribution is -2.40. The minimum Gasteiger partial charge on any atom is -0.399 e. The lowest BCUT2D eigenvalue weighted by atomic mass is 9.92. The van der Waals surface area contributed by atoms with Gasteiger partial charge in [0.1, 0.15) is 0 Å². The van der Waals surface area contributed by atoms with E-state index < -0.39 is 0 Å². The molecule has 1 aliphatic heterocycles. The van der Waals surface area contributed by atoms with Gasteiger partial charge in [0.2, 0.25) is 0 Å². The molecule has 19 heavy (non-hydrogen) atoms. The summed E-state index contributed by atoms with van der Waals surface area (Å²) in [5, 5.41) is 9.54. The first-order valence-corrected chi connectivity index (χ1v) is 6.41. The lowest BCUT2D eigenvalue weighted by molar-refractivity contribution is 0.0521. The van der Waals surface area contributed by atoms with E-state index in [0.29, 0.717) is 30.3 Å². The predicted octanol–water partition coefficient (Wildman–Crippen LogP) is 1.92. The zero-order valence-electron chi connectivity index (χ0n) is 11.1. The summed E-state index contributed by atoms with van der Waals surface area (Å²) in [6.07, 6.45) is 1.45. The van der Waals surface area contributed by atoms with Gasteiger partial charge in [0.25, 0.3) is 5.91 Å². The monoisotopic (exact) mass is 284 g/mol. The SMILES string of the molecule is CC(O)C1CCN(C(=O)c2cccc(N)c2)CC1.Cl. The Kier molecular flexibility index (Phi) is 5.63. The summed E-state index contributed by atoms with van der Waals surface area (Å²) in [6, 6.07) is 7.07. The van der Waals surface area contributed by atoms with E-state index in [1.165, 1.54) is 0 Å². The lowest BCUT2D eigenvalue weighted by Gasteiger charge is -2.33. The molecule has 3 N–H and O–H groups in total. The number of aliphatic hydroxyl groups is 1. The van der Waals surface area contributed by atoms with Crippen LogP contribution in [0.3, 0.4) is 0 Å². The van der Waals surface area contributed by atoms with Crippen molar-refractivity contribution in [2.24, 2.45) is 5.92 Å². The Labute approximate surface area is 120 Å². The van der Waals surface area contributed by atoms with E-state index in [-0.39, 0.29) is 24.4 Å². The summed E-state index contributed by atoms with van der Waals surface area (Å²) in [5.74, 6) is 0.348. The van der Waals surface area contributed by atoms with Gasteiger partial charge in [0.15, 0.2) is 0 Å². The molecular formula is C14H21ClN2O2. The van der Waals surface area contributed by atoms with Crippen LogP contribution in [0.4, 0.5) is 5.69 Å². The third-order valence-electron chi connectivity index (χ3n) is 3.64. The molecule has 1 unspecified atom stereocenters. The van der Waals surface area contributed by atoms with Crippen LogP contribution < -0.4 is 5.73 Å². The van der Waals surface area contributed by atoms with E-state index >= 15 is 0 Å². The van der Waals surface area contributed by atoms with Crippen molar-refractivity contribution in [2.45, 2.75) is 25.9 Å². The molecule has 106 valence electrons. The highest BCUT2D eigenvalue weighted by Gasteiger charge is 2.25. The third kappa shape index (κ3) is 3.85. The number of aliphatic hydroxyl groups excluding tert-OH is 1. The zero-order valence-corrected chi connectivity index (χ0v) is 11.9. The largest absolute Gasteiger partial charge is 0.399 e. The van der Waals surface area contributed by atoms with Crippen LogP contribution in [0, 0.1) is 5.92 Å². The maximum Gasteiger partial charge on any atom is 0.253 e. The molecule has 1 aromatic carbocycles. The Morgan fingerprint density at radius 1 is 1.42 bits per heavy atom. The van der Waals surface area contributed by atoms with Gasteiger partial charge in [-0.05, 0) is 43.9 Å². The molecule has 0 saturated carbocycles. The van der Waals surface area contributed by atoms with Gasteiger partial charge in [0, 0.05) is 24.3 Å². The Morgan fingerprint density at radius 3 is 2.58 bits per heavy atom. The molecule has 1 heterocycles. The van der Waals surface area contributed by atoms with Crippen LogP contribution in [0.5, 0.6) is 0 Å². The first kappa shape index (κ1) is 15.8. The van der Waals surface area contributed by atoms with Crippen LogP contribution in [0.2, 0.25) is 0 Å². The first-order chi connectivity index (χ1) is 8.58. The van der Waals surface area contributed by atoms with E-state index in [1.807, 2.05) is 11.8 Å². The number of rotatable bonds is 2. The minimum absolute atomic E-state index is 0. The fraction of sp³-hybridized carbons (Fsp3) is 0.500. The highest BCUT2D eigenvalue weighted by Crippen LogP contribution is 2.22. The van der Waals surface area contributed by atoms with Gasteiger partial charge in [-0.2, -0.15) is 0 Å². The van der Waals surface area contributed by atoms with E-state index in [0.717, 1.165) is 12.8 Å². The molecule has 1 atom stereocenters. The number of carbonyl (C=O) groups excluding carboxylic acids is 1. The van der Waals surface area contributed by atoms with Crippen LogP contribution in [-0.2, 0) is 0 Å². The van der Waals surface area contributed by atoms with Crippen LogP contribution in [0.1, 0.15) is 30.1 Å². The number of amides is 1. The van der Waals surface area contributed by atoms with Crippen LogP contribution in [0.15, 0.2) is 24.3 Å². The second-order valence-electron chi connectivity index (χ2n) is 5.00. The number of benzene rings is 1. The molecule has 5 heteroatoms. The summed E-state index contributed by atoms with van der Waals surface area (Å²) >= 11 is 0.